The van der Waals surface area contributed by atoms with Crippen molar-refractivity contribution in [1.29, 1.82) is 0 Å². The molecule has 0 aliphatic carbocycles. The number of thiophene rings is 1. The monoisotopic (exact) mass is 297 g/mol. The second-order valence-electron chi connectivity index (χ2n) is 4.35. The zero-order valence-corrected chi connectivity index (χ0v) is 12.1. The molecule has 0 amide bonds. The zero-order valence-electron chi connectivity index (χ0n) is 10.4. The van der Waals surface area contributed by atoms with E-state index in [0.29, 0.717) is 6.67 Å². The lowest BCUT2D eigenvalue weighted by molar-refractivity contribution is 0.217. The van der Waals surface area contributed by atoms with Crippen LogP contribution in [0.2, 0.25) is 0 Å². The first-order chi connectivity index (χ1) is 9.34. The molecule has 0 N–H and O–H groups in total. The predicted molar refractivity (Wildman–Crippen MR) is 77.0 cm³/mol. The van der Waals surface area contributed by atoms with Gasteiger partial charge in [-0.25, -0.2) is 4.79 Å². The van der Waals surface area contributed by atoms with Crippen molar-refractivity contribution in [2.24, 2.45) is 0 Å². The van der Waals surface area contributed by atoms with Crippen molar-refractivity contribution in [3.63, 3.8) is 0 Å². The summed E-state index contributed by atoms with van der Waals surface area (Å²) in [5.74, 6) is 2.32. The topological polar surface area (TPSA) is 56.0 Å². The number of hydrogen-bond acceptors (Lipinski definition) is 6. The maximum atomic E-state index is 12.2. The largest absolute Gasteiger partial charge is 0.370 e. The number of nitrogens with zero attached hydrogens (tertiary/aromatic N) is 5. The number of hydrogen-bond donors (Lipinski definition) is 0. The van der Waals surface area contributed by atoms with Gasteiger partial charge < -0.3 is 0 Å². The fourth-order valence-corrected chi connectivity index (χ4v) is 3.61. The molecule has 1 fully saturated rings. The van der Waals surface area contributed by atoms with Crippen LogP contribution in [0.1, 0.15) is 6.42 Å². The molecular weight excluding hydrogens is 282 g/mol. The summed E-state index contributed by atoms with van der Waals surface area (Å²) >= 11 is 3.45. The molecule has 0 aromatic carbocycles. The highest BCUT2D eigenvalue weighted by Crippen LogP contribution is 2.11. The summed E-state index contributed by atoms with van der Waals surface area (Å²) in [5.41, 5.74) is -0.167. The summed E-state index contributed by atoms with van der Waals surface area (Å²) in [6, 6.07) is 3.77. The Hall–Kier alpha value is -1.12. The number of aromatic nitrogens is 4. The van der Waals surface area contributed by atoms with Crippen LogP contribution in [0.4, 0.5) is 0 Å². The van der Waals surface area contributed by atoms with Crippen LogP contribution < -0.4 is 5.69 Å². The van der Waals surface area contributed by atoms with Crippen molar-refractivity contribution in [2.45, 2.75) is 13.1 Å². The average molecular weight is 297 g/mol. The first-order valence-electron chi connectivity index (χ1n) is 6.21. The van der Waals surface area contributed by atoms with E-state index in [1.54, 1.807) is 0 Å². The summed E-state index contributed by atoms with van der Waals surface area (Å²) in [4.78, 5) is 14.5. The van der Waals surface area contributed by atoms with Gasteiger partial charge in [-0.1, -0.05) is 0 Å². The smallest absolute Gasteiger partial charge is 0.283 e. The number of thioether (sulfide) groups is 1. The van der Waals surface area contributed by atoms with Gasteiger partial charge in [0.2, 0.25) is 0 Å². The Morgan fingerprint density at radius 1 is 1.26 bits per heavy atom. The van der Waals surface area contributed by atoms with Crippen molar-refractivity contribution in [3.05, 3.63) is 28.0 Å². The molecule has 2 aromatic rings. The van der Waals surface area contributed by atoms with Gasteiger partial charge in [-0.3, -0.25) is 4.90 Å². The van der Waals surface area contributed by atoms with Gasteiger partial charge in [0.05, 0.1) is 0 Å². The lowest BCUT2D eigenvalue weighted by Crippen LogP contribution is -2.34. The van der Waals surface area contributed by atoms with Crippen LogP contribution in [-0.4, -0.2) is 49.3 Å². The van der Waals surface area contributed by atoms with Crippen LogP contribution in [0.5, 0.6) is 0 Å². The van der Waals surface area contributed by atoms with Gasteiger partial charge in [-0.15, -0.1) is 11.3 Å². The third-order valence-electron chi connectivity index (χ3n) is 3.00. The van der Waals surface area contributed by atoms with Crippen LogP contribution in [-0.2, 0) is 6.67 Å². The Morgan fingerprint density at radius 2 is 2.21 bits per heavy atom. The lowest BCUT2D eigenvalue weighted by Gasteiger charge is -2.17. The summed E-state index contributed by atoms with van der Waals surface area (Å²) in [6.45, 7) is 2.55. The van der Waals surface area contributed by atoms with E-state index in [1.807, 2.05) is 29.3 Å². The molecule has 1 aliphatic heterocycles. The van der Waals surface area contributed by atoms with E-state index in [9.17, 15) is 4.79 Å². The number of tetrazole rings is 1. The Bertz CT molecular complexity index is 568. The van der Waals surface area contributed by atoms with Crippen molar-refractivity contribution in [3.8, 4) is 5.00 Å². The second-order valence-corrected chi connectivity index (χ2v) is 6.50. The molecule has 0 bridgehead atoms. The molecule has 0 radical (unpaired) electrons. The third-order valence-corrected chi connectivity index (χ3v) is 4.90. The quantitative estimate of drug-likeness (QED) is 0.842. The molecule has 8 heteroatoms. The van der Waals surface area contributed by atoms with Crippen molar-refractivity contribution >= 4 is 23.1 Å². The van der Waals surface area contributed by atoms with Crippen molar-refractivity contribution in [1.82, 2.24) is 24.7 Å². The first kappa shape index (κ1) is 12.9. The Balaban J connectivity index is 1.77. The van der Waals surface area contributed by atoms with Gasteiger partial charge in [0.1, 0.15) is 11.7 Å². The molecule has 1 saturated heterocycles. The summed E-state index contributed by atoms with van der Waals surface area (Å²) in [7, 11) is 0. The molecular formula is C11H15N5OS2. The fourth-order valence-electron chi connectivity index (χ4n) is 2.02. The van der Waals surface area contributed by atoms with Crippen LogP contribution in [0.3, 0.4) is 0 Å². The van der Waals surface area contributed by atoms with Crippen LogP contribution in [0, 0.1) is 0 Å². The van der Waals surface area contributed by atoms with Gasteiger partial charge in [0, 0.05) is 18.8 Å². The first-order valence-corrected chi connectivity index (χ1v) is 8.25. The van der Waals surface area contributed by atoms with E-state index < -0.39 is 0 Å². The molecule has 19 heavy (non-hydrogen) atoms. The second kappa shape index (κ2) is 5.89. The fraction of sp³-hybridized carbons (Fsp3) is 0.545. The Kier molecular flexibility index (Phi) is 4.00. The third kappa shape index (κ3) is 2.90. The standard InChI is InChI=1S/C11H15N5OS2/c17-11-15(9-14-4-2-6-18-8-5-14)12-13-16(11)10-3-1-7-19-10/h1,3,7H,2,4-6,8-9H2. The molecule has 3 rings (SSSR count). The molecule has 6 nitrogen and oxygen atoms in total. The minimum Gasteiger partial charge on any atom is -0.283 e. The Morgan fingerprint density at radius 3 is 3.05 bits per heavy atom. The maximum absolute atomic E-state index is 12.2. The van der Waals surface area contributed by atoms with Crippen molar-refractivity contribution in [2.75, 3.05) is 24.6 Å². The predicted octanol–water partition coefficient (Wildman–Crippen LogP) is 0.887. The molecule has 102 valence electrons. The van der Waals surface area contributed by atoms with Crippen LogP contribution >= 0.6 is 23.1 Å². The van der Waals surface area contributed by atoms with E-state index in [1.165, 1.54) is 32.9 Å². The minimum atomic E-state index is -0.167. The van der Waals surface area contributed by atoms with E-state index in [0.717, 1.165) is 23.8 Å². The minimum absolute atomic E-state index is 0.167. The molecule has 0 spiro atoms. The lowest BCUT2D eigenvalue weighted by atomic mass is 10.4. The molecule has 3 heterocycles. The van der Waals surface area contributed by atoms with Gasteiger partial charge >= 0.3 is 5.69 Å². The van der Waals surface area contributed by atoms with Gasteiger partial charge in [-0.05, 0) is 40.1 Å². The maximum Gasteiger partial charge on any atom is 0.370 e. The van der Waals surface area contributed by atoms with E-state index in [2.05, 4.69) is 15.3 Å². The summed E-state index contributed by atoms with van der Waals surface area (Å²) in [6.07, 6.45) is 1.17. The molecule has 0 saturated carbocycles. The molecule has 0 unspecified atom stereocenters. The zero-order chi connectivity index (χ0) is 13.1. The van der Waals surface area contributed by atoms with E-state index >= 15 is 0 Å². The molecule has 2 aromatic heterocycles. The highest BCUT2D eigenvalue weighted by molar-refractivity contribution is 7.99. The summed E-state index contributed by atoms with van der Waals surface area (Å²) in [5, 5.41) is 10.6. The highest BCUT2D eigenvalue weighted by Gasteiger charge is 2.14. The van der Waals surface area contributed by atoms with E-state index in [-0.39, 0.29) is 5.69 Å². The van der Waals surface area contributed by atoms with Gasteiger partial charge in [-0.2, -0.15) is 21.1 Å². The van der Waals surface area contributed by atoms with Gasteiger partial charge in [0.25, 0.3) is 0 Å². The van der Waals surface area contributed by atoms with Crippen molar-refractivity contribution < 1.29 is 0 Å². The normalized spacial score (nSPS) is 17.5. The molecule has 0 atom stereocenters. The summed E-state index contributed by atoms with van der Waals surface area (Å²) < 4.78 is 2.80. The van der Waals surface area contributed by atoms with Gasteiger partial charge in [0.15, 0.2) is 0 Å². The van der Waals surface area contributed by atoms with Crippen LogP contribution in [0.15, 0.2) is 22.3 Å². The number of rotatable bonds is 3. The Labute approximate surface area is 119 Å². The van der Waals surface area contributed by atoms with E-state index in [4.69, 9.17) is 0 Å². The average Bonchev–Trinajstić information content (AvgIpc) is 2.96. The molecule has 1 aliphatic rings. The highest BCUT2D eigenvalue weighted by atomic mass is 32.2. The SMILES string of the molecule is O=c1n(CN2CCCSCC2)nnn1-c1cccs1. The van der Waals surface area contributed by atoms with Crippen LogP contribution in [0.25, 0.3) is 5.00 Å².